The summed E-state index contributed by atoms with van der Waals surface area (Å²) in [6, 6.07) is 11.3. The number of hydrogen-bond acceptors (Lipinski definition) is 6. The molecule has 0 aliphatic heterocycles. The molecule has 6 heteroatoms. The van der Waals surface area contributed by atoms with Gasteiger partial charge in [-0.3, -0.25) is 0 Å². The standard InChI is InChI=1S/C20H21NO5/c1-12-19(13-6-8-15(22-2)17(10-13)24-4)21-26-20(12)14-7-9-16(23-3)18(11-14)25-5/h6-11H,1-5H3. The molecule has 0 saturated heterocycles. The van der Waals surface area contributed by atoms with E-state index in [0.29, 0.717) is 28.8 Å². The van der Waals surface area contributed by atoms with Crippen LogP contribution in [0.4, 0.5) is 0 Å². The number of aromatic nitrogens is 1. The van der Waals surface area contributed by atoms with Crippen molar-refractivity contribution in [2.24, 2.45) is 0 Å². The van der Waals surface area contributed by atoms with Gasteiger partial charge in [0, 0.05) is 16.7 Å². The molecule has 0 aliphatic carbocycles. The van der Waals surface area contributed by atoms with Crippen LogP contribution in [0.2, 0.25) is 0 Å². The lowest BCUT2D eigenvalue weighted by atomic mass is 10.0. The van der Waals surface area contributed by atoms with Crippen molar-refractivity contribution in [3.05, 3.63) is 42.0 Å². The van der Waals surface area contributed by atoms with Crippen molar-refractivity contribution in [2.45, 2.75) is 6.92 Å². The van der Waals surface area contributed by atoms with E-state index in [1.54, 1.807) is 28.4 Å². The fourth-order valence-electron chi connectivity index (χ4n) is 2.84. The van der Waals surface area contributed by atoms with Crippen LogP contribution in [-0.4, -0.2) is 33.6 Å². The van der Waals surface area contributed by atoms with Crippen LogP contribution < -0.4 is 18.9 Å². The topological polar surface area (TPSA) is 63.0 Å². The first kappa shape index (κ1) is 17.7. The molecule has 1 aromatic heterocycles. The van der Waals surface area contributed by atoms with E-state index in [1.165, 1.54) is 0 Å². The van der Waals surface area contributed by atoms with Crippen molar-refractivity contribution in [2.75, 3.05) is 28.4 Å². The number of nitrogens with zero attached hydrogens (tertiary/aromatic N) is 1. The molecule has 0 radical (unpaired) electrons. The van der Waals surface area contributed by atoms with E-state index in [-0.39, 0.29) is 0 Å². The highest BCUT2D eigenvalue weighted by molar-refractivity contribution is 5.74. The first-order valence-corrected chi connectivity index (χ1v) is 8.04. The minimum atomic E-state index is 0.633. The number of benzene rings is 2. The monoisotopic (exact) mass is 355 g/mol. The van der Waals surface area contributed by atoms with E-state index in [0.717, 1.165) is 22.4 Å². The normalized spacial score (nSPS) is 10.5. The van der Waals surface area contributed by atoms with Crippen LogP contribution in [0, 0.1) is 6.92 Å². The molecule has 0 N–H and O–H groups in total. The van der Waals surface area contributed by atoms with E-state index >= 15 is 0 Å². The zero-order chi connectivity index (χ0) is 18.7. The van der Waals surface area contributed by atoms with Gasteiger partial charge in [0.1, 0.15) is 5.69 Å². The Morgan fingerprint density at radius 3 is 1.73 bits per heavy atom. The fourth-order valence-corrected chi connectivity index (χ4v) is 2.84. The van der Waals surface area contributed by atoms with Gasteiger partial charge in [0.15, 0.2) is 28.8 Å². The highest BCUT2D eigenvalue weighted by Gasteiger charge is 2.18. The van der Waals surface area contributed by atoms with E-state index < -0.39 is 0 Å². The van der Waals surface area contributed by atoms with Crippen LogP contribution in [-0.2, 0) is 0 Å². The third-order valence-electron chi connectivity index (χ3n) is 4.23. The van der Waals surface area contributed by atoms with E-state index in [4.69, 9.17) is 23.5 Å². The predicted molar refractivity (Wildman–Crippen MR) is 98.3 cm³/mol. The van der Waals surface area contributed by atoms with Crippen LogP contribution in [0.15, 0.2) is 40.9 Å². The van der Waals surface area contributed by atoms with Crippen molar-refractivity contribution in [1.29, 1.82) is 0 Å². The first-order chi connectivity index (χ1) is 12.6. The highest BCUT2D eigenvalue weighted by Crippen LogP contribution is 2.38. The smallest absolute Gasteiger partial charge is 0.170 e. The van der Waals surface area contributed by atoms with Gasteiger partial charge in [0.05, 0.1) is 28.4 Å². The summed E-state index contributed by atoms with van der Waals surface area (Å²) in [5, 5.41) is 4.25. The van der Waals surface area contributed by atoms with Crippen LogP contribution in [0.1, 0.15) is 5.56 Å². The Kier molecular flexibility index (Phi) is 5.02. The summed E-state index contributed by atoms with van der Waals surface area (Å²) in [6.07, 6.45) is 0. The highest BCUT2D eigenvalue weighted by atomic mass is 16.5. The zero-order valence-electron chi connectivity index (χ0n) is 15.5. The third kappa shape index (κ3) is 3.06. The van der Waals surface area contributed by atoms with Crippen molar-refractivity contribution in [3.63, 3.8) is 0 Å². The van der Waals surface area contributed by atoms with Gasteiger partial charge < -0.3 is 23.5 Å². The SMILES string of the molecule is COc1ccc(-c2noc(-c3ccc(OC)c(OC)c3)c2C)cc1OC. The van der Waals surface area contributed by atoms with Gasteiger partial charge in [-0.25, -0.2) is 0 Å². The summed E-state index contributed by atoms with van der Waals surface area (Å²) in [5.41, 5.74) is 3.41. The van der Waals surface area contributed by atoms with E-state index in [1.807, 2.05) is 43.3 Å². The Morgan fingerprint density at radius 1 is 0.692 bits per heavy atom. The van der Waals surface area contributed by atoms with Crippen molar-refractivity contribution in [3.8, 4) is 45.6 Å². The second kappa shape index (κ2) is 7.39. The second-order valence-corrected chi connectivity index (χ2v) is 5.62. The minimum absolute atomic E-state index is 0.633. The summed E-state index contributed by atoms with van der Waals surface area (Å²) in [5.74, 6) is 3.27. The lowest BCUT2D eigenvalue weighted by Gasteiger charge is -2.09. The van der Waals surface area contributed by atoms with E-state index in [9.17, 15) is 0 Å². The number of ether oxygens (including phenoxy) is 4. The Bertz CT molecular complexity index is 844. The maximum atomic E-state index is 5.62. The molecule has 1 heterocycles. The van der Waals surface area contributed by atoms with Crippen molar-refractivity contribution >= 4 is 0 Å². The van der Waals surface area contributed by atoms with Gasteiger partial charge >= 0.3 is 0 Å². The zero-order valence-corrected chi connectivity index (χ0v) is 15.5. The molecule has 26 heavy (non-hydrogen) atoms. The molecule has 3 aromatic rings. The summed E-state index contributed by atoms with van der Waals surface area (Å²) in [7, 11) is 6.41. The predicted octanol–water partition coefficient (Wildman–Crippen LogP) is 4.35. The molecule has 0 aliphatic rings. The second-order valence-electron chi connectivity index (χ2n) is 5.62. The van der Waals surface area contributed by atoms with Gasteiger partial charge in [-0.05, 0) is 43.3 Å². The molecule has 0 amide bonds. The molecule has 0 spiro atoms. The van der Waals surface area contributed by atoms with Gasteiger partial charge in [0.25, 0.3) is 0 Å². The van der Waals surface area contributed by atoms with Gasteiger partial charge in [-0.1, -0.05) is 5.16 Å². The molecule has 0 atom stereocenters. The van der Waals surface area contributed by atoms with Crippen molar-refractivity contribution < 1.29 is 23.5 Å². The summed E-state index contributed by atoms with van der Waals surface area (Å²) in [4.78, 5) is 0. The lowest BCUT2D eigenvalue weighted by molar-refractivity contribution is 0.355. The van der Waals surface area contributed by atoms with Crippen molar-refractivity contribution in [1.82, 2.24) is 5.16 Å². The van der Waals surface area contributed by atoms with Gasteiger partial charge in [0.2, 0.25) is 0 Å². The van der Waals surface area contributed by atoms with E-state index in [2.05, 4.69) is 5.16 Å². The largest absolute Gasteiger partial charge is 0.493 e. The molecule has 0 unspecified atom stereocenters. The number of rotatable bonds is 6. The average molecular weight is 355 g/mol. The Labute approximate surface area is 152 Å². The summed E-state index contributed by atoms with van der Waals surface area (Å²) < 4.78 is 26.9. The minimum Gasteiger partial charge on any atom is -0.493 e. The average Bonchev–Trinajstić information content (AvgIpc) is 3.08. The molecule has 0 bridgehead atoms. The van der Waals surface area contributed by atoms with Gasteiger partial charge in [-0.2, -0.15) is 0 Å². The lowest BCUT2D eigenvalue weighted by Crippen LogP contribution is -1.92. The van der Waals surface area contributed by atoms with Crippen LogP contribution >= 0.6 is 0 Å². The summed E-state index contributed by atoms with van der Waals surface area (Å²) in [6.45, 7) is 1.97. The van der Waals surface area contributed by atoms with Crippen LogP contribution in [0.25, 0.3) is 22.6 Å². The summed E-state index contributed by atoms with van der Waals surface area (Å²) >= 11 is 0. The Balaban J connectivity index is 2.03. The third-order valence-corrected chi connectivity index (χ3v) is 4.23. The molecule has 3 rings (SSSR count). The number of hydrogen-bond donors (Lipinski definition) is 0. The molecule has 0 fully saturated rings. The quantitative estimate of drug-likeness (QED) is 0.655. The maximum Gasteiger partial charge on any atom is 0.170 e. The maximum absolute atomic E-state index is 5.62. The number of methoxy groups -OCH3 is 4. The molecule has 136 valence electrons. The molecular formula is C20H21NO5. The van der Waals surface area contributed by atoms with Gasteiger partial charge in [-0.15, -0.1) is 0 Å². The molecular weight excluding hydrogens is 334 g/mol. The van der Waals surface area contributed by atoms with Crippen LogP contribution in [0.5, 0.6) is 23.0 Å². The first-order valence-electron chi connectivity index (χ1n) is 8.04. The van der Waals surface area contributed by atoms with Crippen LogP contribution in [0.3, 0.4) is 0 Å². The molecule has 2 aromatic carbocycles. The Morgan fingerprint density at radius 2 is 1.19 bits per heavy atom. The fraction of sp³-hybridized carbons (Fsp3) is 0.250. The Hall–Kier alpha value is -3.15. The molecule has 6 nitrogen and oxygen atoms in total. The molecule has 0 saturated carbocycles.